The Balaban J connectivity index is 1.03. The highest BCUT2D eigenvalue weighted by Gasteiger charge is 2.20. The minimum absolute atomic E-state index is 1.07. The van der Waals surface area contributed by atoms with E-state index in [4.69, 9.17) is 0 Å². The highest BCUT2D eigenvalue weighted by atomic mass is 15.2. The van der Waals surface area contributed by atoms with Crippen molar-refractivity contribution in [2.24, 2.45) is 0 Å². The van der Waals surface area contributed by atoms with Crippen LogP contribution >= 0.6 is 0 Å². The summed E-state index contributed by atoms with van der Waals surface area (Å²) in [6.07, 6.45) is 0. The van der Waals surface area contributed by atoms with Crippen molar-refractivity contribution in [1.82, 2.24) is 0 Å². The Hall–Kier alpha value is -8.34. The Kier molecular flexibility index (Phi) is 10.7. The molecule has 0 radical (unpaired) electrons. The van der Waals surface area contributed by atoms with Gasteiger partial charge in [-0.15, -0.1) is 0 Å². The summed E-state index contributed by atoms with van der Waals surface area (Å²) in [6, 6.07) is 94.6. The van der Waals surface area contributed by atoms with Crippen LogP contribution < -0.4 is 19.6 Å². The molecule has 0 unspecified atom stereocenters. The zero-order valence-electron chi connectivity index (χ0n) is 34.2. The maximum atomic E-state index is 2.36. The molecule has 0 saturated carbocycles. The number of rotatable bonds is 12. The second kappa shape index (κ2) is 17.5. The molecule has 0 amide bonds. The van der Waals surface area contributed by atoms with Gasteiger partial charge in [-0.1, -0.05) is 127 Å². The van der Waals surface area contributed by atoms with E-state index in [9.17, 15) is 0 Å². The van der Waals surface area contributed by atoms with E-state index in [1.54, 1.807) is 0 Å². The smallest absolute Gasteiger partial charge is 0.0540 e. The van der Waals surface area contributed by atoms with Gasteiger partial charge in [-0.3, -0.25) is 0 Å². The lowest BCUT2D eigenvalue weighted by Gasteiger charge is -2.30. The average Bonchev–Trinajstić information content (AvgIpc) is 3.35. The van der Waals surface area contributed by atoms with Crippen molar-refractivity contribution in [3.05, 3.63) is 267 Å². The number of hydrogen-bond acceptors (Lipinski definition) is 4. The van der Waals surface area contributed by atoms with Gasteiger partial charge >= 0.3 is 0 Å². The van der Waals surface area contributed by atoms with Gasteiger partial charge in [-0.2, -0.15) is 0 Å². The molecule has 0 aliphatic carbocycles. The number of fused-ring (bicyclic) bond motifs is 1. The van der Waals surface area contributed by atoms with E-state index in [1.807, 2.05) is 0 Å². The summed E-state index contributed by atoms with van der Waals surface area (Å²) < 4.78 is 0. The molecule has 0 atom stereocenters. The predicted octanol–water partition coefficient (Wildman–Crippen LogP) is 16.7. The molecule has 296 valence electrons. The zero-order chi connectivity index (χ0) is 41.5. The zero-order valence-corrected chi connectivity index (χ0v) is 34.2. The molecule has 0 heterocycles. The summed E-state index contributed by atoms with van der Waals surface area (Å²) in [7, 11) is 0. The van der Waals surface area contributed by atoms with Crippen molar-refractivity contribution in [3.8, 4) is 0 Å². The van der Waals surface area contributed by atoms with E-state index >= 15 is 0 Å². The largest absolute Gasteiger partial charge is 0.311 e. The van der Waals surface area contributed by atoms with Gasteiger partial charge in [0.1, 0.15) is 0 Å². The van der Waals surface area contributed by atoms with Crippen LogP contribution in [-0.4, -0.2) is 0 Å². The lowest BCUT2D eigenvalue weighted by Crippen LogP contribution is -2.13. The molecular formula is C58H44N4. The first-order valence-corrected chi connectivity index (χ1v) is 21.0. The fraction of sp³-hybridized carbons (Fsp3) is 0. The van der Waals surface area contributed by atoms with Crippen LogP contribution in [0, 0.1) is 0 Å². The van der Waals surface area contributed by atoms with Crippen LogP contribution in [0.15, 0.2) is 267 Å². The van der Waals surface area contributed by atoms with Gasteiger partial charge in [-0.25, -0.2) is 0 Å². The maximum Gasteiger partial charge on any atom is 0.0540 e. The highest BCUT2D eigenvalue weighted by molar-refractivity contribution is 6.01. The second-order valence-corrected chi connectivity index (χ2v) is 15.1. The monoisotopic (exact) mass is 796 g/mol. The highest BCUT2D eigenvalue weighted by Crippen LogP contribution is 2.44. The lowest BCUT2D eigenvalue weighted by atomic mass is 10.0. The van der Waals surface area contributed by atoms with Crippen molar-refractivity contribution >= 4 is 79.0 Å². The SMILES string of the molecule is c1ccc(N(c2ccccc2)c2ccc(N(c3ccccc3)c3ccc4c(N(c5ccccc5)c5ccc(N(c6ccccc6)c6ccccc6)cc5)cccc4c3)cc2)cc1. The number of anilines is 12. The standard InChI is InChI=1S/C58H44N4/c1-7-21-46(22-8-1)59(47-23-9-2-10-24-47)52-34-36-54(37-35-52)61(50-29-15-5-16-30-50)56-42-43-57-45(44-56)20-19-33-58(57)62(51-31-17-6-18-32-51)55-40-38-53(39-41-55)60(48-25-11-3-12-26-48)49-27-13-4-14-28-49/h1-44H. The van der Waals surface area contributed by atoms with Crippen molar-refractivity contribution in [3.63, 3.8) is 0 Å². The van der Waals surface area contributed by atoms with Gasteiger partial charge in [0.2, 0.25) is 0 Å². The van der Waals surface area contributed by atoms with Gasteiger partial charge in [0.25, 0.3) is 0 Å². The van der Waals surface area contributed by atoms with Crippen LogP contribution in [0.3, 0.4) is 0 Å². The first kappa shape index (κ1) is 37.9. The van der Waals surface area contributed by atoms with Crippen LogP contribution in [0.25, 0.3) is 10.8 Å². The fourth-order valence-corrected chi connectivity index (χ4v) is 8.32. The Bertz CT molecular complexity index is 2900. The molecule has 0 aromatic heterocycles. The molecule has 0 spiro atoms. The van der Waals surface area contributed by atoms with Gasteiger partial charge < -0.3 is 19.6 Å². The number of benzene rings is 10. The molecule has 0 aliphatic heterocycles. The molecule has 10 aromatic carbocycles. The van der Waals surface area contributed by atoms with Crippen LogP contribution in [0.5, 0.6) is 0 Å². The summed E-state index contributed by atoms with van der Waals surface area (Å²) >= 11 is 0. The van der Waals surface area contributed by atoms with Gasteiger partial charge in [0.05, 0.1) is 5.69 Å². The molecule has 62 heavy (non-hydrogen) atoms. The minimum Gasteiger partial charge on any atom is -0.311 e. The topological polar surface area (TPSA) is 13.0 Å². The Morgan fingerprint density at radius 2 is 0.435 bits per heavy atom. The van der Waals surface area contributed by atoms with E-state index < -0.39 is 0 Å². The summed E-state index contributed by atoms with van der Waals surface area (Å²) in [5.41, 5.74) is 13.1. The van der Waals surface area contributed by atoms with Gasteiger partial charge in [0, 0.05) is 67.9 Å². The first-order valence-electron chi connectivity index (χ1n) is 21.0. The number of para-hydroxylation sites is 6. The third-order valence-corrected chi connectivity index (χ3v) is 11.2. The van der Waals surface area contributed by atoms with Crippen LogP contribution in [0.4, 0.5) is 68.2 Å². The molecule has 0 fully saturated rings. The summed E-state index contributed by atoms with van der Waals surface area (Å²) in [5.74, 6) is 0. The molecule has 0 N–H and O–H groups in total. The van der Waals surface area contributed by atoms with E-state index in [2.05, 4.69) is 287 Å². The average molecular weight is 797 g/mol. The molecule has 4 nitrogen and oxygen atoms in total. The van der Waals surface area contributed by atoms with Crippen LogP contribution in [0.1, 0.15) is 0 Å². The number of nitrogens with zero attached hydrogens (tertiary/aromatic N) is 4. The normalized spacial score (nSPS) is 10.9. The molecular weight excluding hydrogens is 753 g/mol. The first-order chi connectivity index (χ1) is 30.8. The molecule has 10 rings (SSSR count). The summed E-state index contributed by atoms with van der Waals surface area (Å²) in [4.78, 5) is 9.29. The summed E-state index contributed by atoms with van der Waals surface area (Å²) in [5, 5.41) is 2.30. The van der Waals surface area contributed by atoms with Crippen molar-refractivity contribution in [2.75, 3.05) is 19.6 Å². The lowest BCUT2D eigenvalue weighted by molar-refractivity contribution is 1.25. The molecule has 0 aliphatic rings. The maximum absolute atomic E-state index is 2.36. The Labute approximate surface area is 364 Å². The van der Waals surface area contributed by atoms with E-state index in [1.165, 1.54) is 0 Å². The predicted molar refractivity (Wildman–Crippen MR) is 263 cm³/mol. The van der Waals surface area contributed by atoms with Crippen molar-refractivity contribution in [2.45, 2.75) is 0 Å². The van der Waals surface area contributed by atoms with Gasteiger partial charge in [-0.05, 0) is 145 Å². The minimum atomic E-state index is 1.07. The van der Waals surface area contributed by atoms with Crippen LogP contribution in [-0.2, 0) is 0 Å². The fourth-order valence-electron chi connectivity index (χ4n) is 8.32. The molecule has 4 heteroatoms. The second-order valence-electron chi connectivity index (χ2n) is 15.1. The molecule has 0 bridgehead atoms. The van der Waals surface area contributed by atoms with Crippen molar-refractivity contribution in [1.29, 1.82) is 0 Å². The Morgan fingerprint density at radius 1 is 0.177 bits per heavy atom. The van der Waals surface area contributed by atoms with E-state index in [-0.39, 0.29) is 0 Å². The van der Waals surface area contributed by atoms with Crippen molar-refractivity contribution < 1.29 is 0 Å². The Morgan fingerprint density at radius 3 is 0.774 bits per heavy atom. The number of hydrogen-bond donors (Lipinski definition) is 0. The van der Waals surface area contributed by atoms with Gasteiger partial charge in [0.15, 0.2) is 0 Å². The third kappa shape index (κ3) is 7.77. The quantitative estimate of drug-likeness (QED) is 0.122. The third-order valence-electron chi connectivity index (χ3n) is 11.2. The van der Waals surface area contributed by atoms with Crippen LogP contribution in [0.2, 0.25) is 0 Å². The molecule has 0 saturated heterocycles. The summed E-state index contributed by atoms with van der Waals surface area (Å²) in [6.45, 7) is 0. The van der Waals surface area contributed by atoms with E-state index in [0.717, 1.165) is 79.0 Å². The molecule has 10 aromatic rings. The van der Waals surface area contributed by atoms with E-state index in [0.29, 0.717) is 0 Å².